The van der Waals surface area contributed by atoms with E-state index in [0.29, 0.717) is 55.5 Å². The summed E-state index contributed by atoms with van der Waals surface area (Å²) in [5.41, 5.74) is 1.09. The van der Waals surface area contributed by atoms with Gasteiger partial charge >= 0.3 is 48.9 Å². The average molecular weight is 1190 g/mol. The zero-order valence-electron chi connectivity index (χ0n) is 38.7. The Hall–Kier alpha value is -6.41. The first-order valence-corrected chi connectivity index (χ1v) is 24.5. The van der Waals surface area contributed by atoms with E-state index in [1.165, 1.54) is 50.6 Å². The van der Waals surface area contributed by atoms with Gasteiger partial charge in [0, 0.05) is 28.6 Å². The van der Waals surface area contributed by atoms with Crippen molar-refractivity contribution in [1.29, 1.82) is 0 Å². The molecule has 0 aliphatic rings. The van der Waals surface area contributed by atoms with Crippen LogP contribution in [0, 0.1) is 13.8 Å². The van der Waals surface area contributed by atoms with Crippen LogP contribution < -0.4 is 25.0 Å². The SMILES string of the molecule is COc1cccc(N=C([O-])c2cc3ccccc3c(N=Nc3cc(C)cc(S(=O)(=O)O)c3Cl)c2[O-])c1.COc1cccc(NC(=O)c2cc3ccccc3c(N=Nc3cc(C)cc(S(=O)(=O)O)c3Cl)c2O)c1.[Ba+2]. The third-order valence-electron chi connectivity index (χ3n) is 10.5. The minimum atomic E-state index is -4.62. The molecule has 0 saturated carbocycles. The summed E-state index contributed by atoms with van der Waals surface area (Å²) in [5, 5.41) is 57.6. The number of phenolic OH excluding ortho intramolecular Hbond substituents is 1. The molecule has 0 spiro atoms. The largest absolute Gasteiger partial charge is 2.00 e. The number of methoxy groups -OCH3 is 2. The van der Waals surface area contributed by atoms with Crippen LogP contribution in [0.2, 0.25) is 10.0 Å². The summed E-state index contributed by atoms with van der Waals surface area (Å²) in [6.45, 7) is 3.18. The monoisotopic (exact) mass is 1190 g/mol. The van der Waals surface area contributed by atoms with Crippen molar-refractivity contribution >= 4 is 160 Å². The minimum Gasteiger partial charge on any atom is -0.871 e. The Balaban J connectivity index is 0.000000235. The number of amides is 1. The maximum absolute atomic E-state index is 13.3. The molecule has 23 heteroatoms. The molecule has 0 aliphatic heterocycles. The molecule has 0 saturated heterocycles. The van der Waals surface area contributed by atoms with Crippen molar-refractivity contribution in [3.8, 4) is 23.0 Å². The second kappa shape index (κ2) is 23.6. The summed E-state index contributed by atoms with van der Waals surface area (Å²) in [4.78, 5) is 16.0. The molecular weight excluding hydrogens is 1150 g/mol. The zero-order valence-corrected chi connectivity index (χ0v) is 46.3. The Morgan fingerprint density at radius 3 is 1.63 bits per heavy atom. The van der Waals surface area contributed by atoms with E-state index in [2.05, 4.69) is 30.8 Å². The summed E-state index contributed by atoms with van der Waals surface area (Å²) in [7, 11) is -6.23. The normalized spacial score (nSPS) is 11.9. The third kappa shape index (κ3) is 13.2. The number of aliphatic imine (C=N–C) groups is 1. The summed E-state index contributed by atoms with van der Waals surface area (Å²) < 4.78 is 75.9. The quantitative estimate of drug-likeness (QED) is 0.0292. The molecule has 0 aliphatic carbocycles. The van der Waals surface area contributed by atoms with Crippen LogP contribution in [-0.2, 0) is 20.2 Å². The van der Waals surface area contributed by atoms with Crippen molar-refractivity contribution in [2.24, 2.45) is 25.4 Å². The van der Waals surface area contributed by atoms with E-state index in [0.717, 1.165) is 0 Å². The van der Waals surface area contributed by atoms with Gasteiger partial charge in [0.25, 0.3) is 26.1 Å². The summed E-state index contributed by atoms with van der Waals surface area (Å²) >= 11 is 12.3. The van der Waals surface area contributed by atoms with Crippen molar-refractivity contribution in [2.45, 2.75) is 23.6 Å². The number of benzene rings is 8. The van der Waals surface area contributed by atoms with Gasteiger partial charge in [-0.3, -0.25) is 18.9 Å². The van der Waals surface area contributed by atoms with Crippen LogP contribution in [0.3, 0.4) is 0 Å². The standard InChI is InChI=1S/2C25H20ClN3O6S.Ba/c2*1-14-10-20(22(26)21(11-14)36(32,33)34)28-29-23-18-9-4-3-6-15(18)12-19(24(23)30)25(31)27-16-7-5-8-17(13-16)35-2;/h2*3-13,30H,1-2H3,(H,27,31)(H,32,33,34);/q;;+2/p-2. The smallest absolute Gasteiger partial charge is 0.871 e. The number of carbonyl (C=O) groups excluding carboxylic acids is 1. The predicted octanol–water partition coefficient (Wildman–Crippen LogP) is 11.0. The molecule has 0 radical (unpaired) electrons. The van der Waals surface area contributed by atoms with Gasteiger partial charge in [-0.1, -0.05) is 89.6 Å². The van der Waals surface area contributed by atoms with E-state index >= 15 is 0 Å². The fourth-order valence-corrected chi connectivity index (χ4v) is 9.29. The van der Waals surface area contributed by atoms with Gasteiger partial charge < -0.3 is 30.1 Å². The number of rotatable bonds is 12. The number of ether oxygens (including phenoxy) is 2. The van der Waals surface area contributed by atoms with Gasteiger partial charge in [0.1, 0.15) is 38.4 Å². The molecule has 18 nitrogen and oxygen atoms in total. The number of halogens is 2. The van der Waals surface area contributed by atoms with Gasteiger partial charge in [0.05, 0.1) is 41.2 Å². The molecule has 0 unspecified atom stereocenters. The molecule has 0 bridgehead atoms. The van der Waals surface area contributed by atoms with Crippen LogP contribution in [0.15, 0.2) is 169 Å². The molecule has 368 valence electrons. The molecule has 4 N–H and O–H groups in total. The van der Waals surface area contributed by atoms with Crippen LogP contribution >= 0.6 is 23.2 Å². The number of nitrogens with zero attached hydrogens (tertiary/aromatic N) is 5. The molecule has 8 aromatic rings. The number of phenols is 1. The third-order valence-corrected chi connectivity index (χ3v) is 13.2. The summed E-state index contributed by atoms with van der Waals surface area (Å²) in [5.74, 6) is -1.48. The number of aromatic hydroxyl groups is 1. The molecule has 1 amide bonds. The van der Waals surface area contributed by atoms with Crippen LogP contribution in [0.25, 0.3) is 21.5 Å². The molecule has 8 rings (SSSR count). The second-order valence-corrected chi connectivity index (χ2v) is 19.0. The van der Waals surface area contributed by atoms with Gasteiger partial charge in [-0.05, 0) is 108 Å². The van der Waals surface area contributed by atoms with E-state index in [9.17, 15) is 46.1 Å². The van der Waals surface area contributed by atoms with Crippen LogP contribution in [-0.4, -0.2) is 106 Å². The summed E-state index contributed by atoms with van der Waals surface area (Å²) in [6.07, 6.45) is 0. The number of carbonyl (C=O) groups is 1. The Morgan fingerprint density at radius 2 is 1.10 bits per heavy atom. The number of hydrogen-bond acceptors (Lipinski definition) is 15. The first-order valence-electron chi connectivity index (χ1n) is 20.9. The second-order valence-electron chi connectivity index (χ2n) is 15.5. The zero-order chi connectivity index (χ0) is 52.1. The number of azo groups is 2. The van der Waals surface area contributed by atoms with E-state index in [1.54, 1.807) is 111 Å². The maximum Gasteiger partial charge on any atom is 2.00 e. The molecule has 0 fully saturated rings. The van der Waals surface area contributed by atoms with Crippen LogP contribution in [0.1, 0.15) is 27.0 Å². The van der Waals surface area contributed by atoms with Crippen LogP contribution in [0.4, 0.5) is 34.1 Å². The first kappa shape index (κ1) is 55.9. The average Bonchev–Trinajstić information content (AvgIpc) is 3.34. The first-order chi connectivity index (χ1) is 34.2. The number of hydrogen-bond donors (Lipinski definition) is 4. The number of anilines is 1. The molecular formula is C50H38BaCl2N6O12S2. The van der Waals surface area contributed by atoms with Crippen LogP contribution in [0.5, 0.6) is 23.0 Å². The van der Waals surface area contributed by atoms with E-state index in [1.807, 2.05) is 0 Å². The Morgan fingerprint density at radius 1 is 0.616 bits per heavy atom. The van der Waals surface area contributed by atoms with E-state index in [4.69, 9.17) is 32.7 Å². The van der Waals surface area contributed by atoms with Crippen molar-refractivity contribution in [1.82, 2.24) is 0 Å². The van der Waals surface area contributed by atoms with Crippen molar-refractivity contribution in [2.75, 3.05) is 19.5 Å². The van der Waals surface area contributed by atoms with Gasteiger partial charge in [-0.2, -0.15) is 21.9 Å². The Bertz CT molecular complexity index is 3790. The molecule has 0 heterocycles. The van der Waals surface area contributed by atoms with Gasteiger partial charge in [0.15, 0.2) is 5.75 Å². The molecule has 73 heavy (non-hydrogen) atoms. The van der Waals surface area contributed by atoms with Gasteiger partial charge in [-0.25, -0.2) is 0 Å². The Kier molecular flexibility index (Phi) is 18.1. The van der Waals surface area contributed by atoms with Gasteiger partial charge in [0.2, 0.25) is 0 Å². The fraction of sp³-hybridized carbons (Fsp3) is 0.0800. The number of aryl methyl sites for hydroxylation is 2. The topological polar surface area (TPSA) is 284 Å². The fourth-order valence-electron chi connectivity index (χ4n) is 7.08. The number of fused-ring (bicyclic) bond motifs is 2. The maximum atomic E-state index is 13.3. The van der Waals surface area contributed by atoms with E-state index in [-0.39, 0.29) is 92.8 Å². The molecule has 8 aromatic carbocycles. The van der Waals surface area contributed by atoms with Crippen molar-refractivity contribution in [3.63, 3.8) is 0 Å². The van der Waals surface area contributed by atoms with Crippen molar-refractivity contribution < 1.29 is 55.5 Å². The predicted molar refractivity (Wildman–Crippen MR) is 275 cm³/mol. The summed E-state index contributed by atoms with van der Waals surface area (Å²) in [6, 6.07) is 35.2. The van der Waals surface area contributed by atoms with Crippen molar-refractivity contribution in [3.05, 3.63) is 166 Å². The molecule has 0 aromatic heterocycles. The number of nitrogens with one attached hydrogen (secondary N) is 1. The van der Waals surface area contributed by atoms with Gasteiger partial charge in [-0.15, -0.1) is 15.3 Å². The Labute approximate surface area is 468 Å². The minimum absolute atomic E-state index is 0. The van der Waals surface area contributed by atoms with E-state index < -0.39 is 53.3 Å². The molecule has 0 atom stereocenters.